The summed E-state index contributed by atoms with van der Waals surface area (Å²) in [6, 6.07) is 6.34. The van der Waals surface area contributed by atoms with Crippen molar-refractivity contribution in [1.82, 2.24) is 5.32 Å². The molecule has 6 heteroatoms. The Bertz CT molecular complexity index is 509. The Kier molecular flexibility index (Phi) is 5.15. The Morgan fingerprint density at radius 1 is 1.50 bits per heavy atom. The van der Waals surface area contributed by atoms with E-state index in [4.69, 9.17) is 21.6 Å². The monoisotopic (exact) mass is 266 g/mol. The second kappa shape index (κ2) is 6.62. The fourth-order valence-electron chi connectivity index (χ4n) is 1.24. The number of hydrogen-bond acceptors (Lipinski definition) is 4. The van der Waals surface area contributed by atoms with Crippen molar-refractivity contribution in [3.8, 4) is 11.8 Å². The number of nitriles is 1. The van der Waals surface area contributed by atoms with Gasteiger partial charge in [0, 0.05) is 5.02 Å². The van der Waals surface area contributed by atoms with E-state index in [-0.39, 0.29) is 18.9 Å². The van der Waals surface area contributed by atoms with Crippen LogP contribution in [0.15, 0.2) is 18.2 Å². The summed E-state index contributed by atoms with van der Waals surface area (Å²) in [5.74, 6) is -0.343. The predicted molar refractivity (Wildman–Crippen MR) is 65.6 cm³/mol. The van der Waals surface area contributed by atoms with Crippen LogP contribution in [-0.2, 0) is 4.79 Å². The molecule has 0 saturated carbocycles. The van der Waals surface area contributed by atoms with E-state index >= 15 is 0 Å². The third-order valence-corrected chi connectivity index (χ3v) is 2.28. The van der Waals surface area contributed by atoms with Crippen molar-refractivity contribution >= 4 is 23.3 Å². The second-order valence-electron chi connectivity index (χ2n) is 3.42. The summed E-state index contributed by atoms with van der Waals surface area (Å²) in [6.07, 6.45) is 0. The van der Waals surface area contributed by atoms with Crippen LogP contribution in [0.3, 0.4) is 0 Å². The number of carbonyl (C=O) groups is 2. The number of nitrogens with zero attached hydrogens (tertiary/aromatic N) is 1. The van der Waals surface area contributed by atoms with E-state index in [0.29, 0.717) is 16.3 Å². The van der Waals surface area contributed by atoms with Gasteiger partial charge in [0.2, 0.25) is 0 Å². The molecule has 0 spiro atoms. The average molecular weight is 267 g/mol. The molecule has 0 aromatic heterocycles. The van der Waals surface area contributed by atoms with Gasteiger partial charge in [-0.25, -0.2) is 0 Å². The molecule has 0 fully saturated rings. The van der Waals surface area contributed by atoms with Gasteiger partial charge in [-0.2, -0.15) is 5.26 Å². The molecular weight excluding hydrogens is 256 g/mol. The first-order valence-corrected chi connectivity index (χ1v) is 5.49. The van der Waals surface area contributed by atoms with Crippen LogP contribution in [0.5, 0.6) is 5.75 Å². The van der Waals surface area contributed by atoms with Gasteiger partial charge in [0.15, 0.2) is 12.4 Å². The topological polar surface area (TPSA) is 79.2 Å². The minimum Gasteiger partial charge on any atom is -0.483 e. The van der Waals surface area contributed by atoms with Crippen molar-refractivity contribution in [1.29, 1.82) is 5.26 Å². The number of amides is 1. The average Bonchev–Trinajstić information content (AvgIpc) is 2.34. The smallest absolute Gasteiger partial charge is 0.258 e. The second-order valence-corrected chi connectivity index (χ2v) is 3.86. The zero-order valence-electron chi connectivity index (χ0n) is 9.70. The first-order valence-electron chi connectivity index (χ1n) is 5.11. The molecular formula is C12H11ClN2O3. The number of hydrogen-bond donors (Lipinski definition) is 1. The molecule has 5 nitrogen and oxygen atoms in total. The Morgan fingerprint density at radius 2 is 2.22 bits per heavy atom. The fourth-order valence-corrected chi connectivity index (χ4v) is 1.41. The molecule has 0 heterocycles. The van der Waals surface area contributed by atoms with Gasteiger partial charge in [0.1, 0.15) is 12.3 Å². The standard InChI is InChI=1S/C12H11ClN2O3/c1-8(16)10-6-9(13)2-3-11(10)18-7-12(17)15-5-4-14/h2-3,6H,5,7H2,1H3,(H,15,17). The summed E-state index contributed by atoms with van der Waals surface area (Å²) in [5.41, 5.74) is 0.315. The molecule has 94 valence electrons. The minimum absolute atomic E-state index is 0.0810. The van der Waals surface area contributed by atoms with Crippen LogP contribution in [0.25, 0.3) is 0 Å². The van der Waals surface area contributed by atoms with Crippen molar-refractivity contribution < 1.29 is 14.3 Å². The molecule has 0 saturated heterocycles. The number of benzene rings is 1. The molecule has 1 rings (SSSR count). The Morgan fingerprint density at radius 3 is 2.83 bits per heavy atom. The van der Waals surface area contributed by atoms with Crippen molar-refractivity contribution in [2.24, 2.45) is 0 Å². The van der Waals surface area contributed by atoms with Crippen LogP contribution >= 0.6 is 11.6 Å². The molecule has 1 aromatic carbocycles. The normalized spacial score (nSPS) is 9.39. The maximum absolute atomic E-state index is 11.4. The van der Waals surface area contributed by atoms with E-state index in [1.807, 2.05) is 0 Å². The minimum atomic E-state index is -0.430. The van der Waals surface area contributed by atoms with Gasteiger partial charge in [-0.15, -0.1) is 0 Å². The van der Waals surface area contributed by atoms with Crippen molar-refractivity contribution in [2.75, 3.05) is 13.2 Å². The quantitative estimate of drug-likeness (QED) is 0.648. The lowest BCUT2D eigenvalue weighted by Gasteiger charge is -2.09. The summed E-state index contributed by atoms with van der Waals surface area (Å²) >= 11 is 5.77. The zero-order chi connectivity index (χ0) is 13.5. The van der Waals surface area contributed by atoms with E-state index in [1.165, 1.54) is 19.1 Å². The third-order valence-electron chi connectivity index (χ3n) is 2.04. The highest BCUT2D eigenvalue weighted by Crippen LogP contribution is 2.23. The number of Topliss-reactive ketones (excluding diaryl/α,β-unsaturated/α-hetero) is 1. The number of carbonyl (C=O) groups excluding carboxylic acids is 2. The maximum Gasteiger partial charge on any atom is 0.258 e. The van der Waals surface area contributed by atoms with Crippen molar-refractivity contribution in [2.45, 2.75) is 6.92 Å². The van der Waals surface area contributed by atoms with Crippen LogP contribution in [0.2, 0.25) is 5.02 Å². The summed E-state index contributed by atoms with van der Waals surface area (Å²) in [7, 11) is 0. The molecule has 0 aliphatic heterocycles. The highest BCUT2D eigenvalue weighted by atomic mass is 35.5. The zero-order valence-corrected chi connectivity index (χ0v) is 10.5. The fraction of sp³-hybridized carbons (Fsp3) is 0.250. The SMILES string of the molecule is CC(=O)c1cc(Cl)ccc1OCC(=O)NCC#N. The van der Waals surface area contributed by atoms with Gasteiger partial charge in [0.05, 0.1) is 11.6 Å². The van der Waals surface area contributed by atoms with E-state index in [1.54, 1.807) is 12.1 Å². The highest BCUT2D eigenvalue weighted by molar-refractivity contribution is 6.31. The number of ketones is 1. The Hall–Kier alpha value is -2.06. The lowest BCUT2D eigenvalue weighted by Crippen LogP contribution is -2.29. The Labute approximate surface area is 109 Å². The molecule has 0 unspecified atom stereocenters. The summed E-state index contributed by atoms with van der Waals surface area (Å²) in [6.45, 7) is 1.04. The van der Waals surface area contributed by atoms with Gasteiger partial charge in [-0.1, -0.05) is 11.6 Å². The van der Waals surface area contributed by atoms with E-state index in [2.05, 4.69) is 5.32 Å². The Balaban J connectivity index is 2.70. The molecule has 0 aliphatic rings. The molecule has 0 aliphatic carbocycles. The highest BCUT2D eigenvalue weighted by Gasteiger charge is 2.10. The lowest BCUT2D eigenvalue weighted by atomic mass is 10.1. The molecule has 1 amide bonds. The van der Waals surface area contributed by atoms with Gasteiger partial charge in [0.25, 0.3) is 5.91 Å². The summed E-state index contributed by atoms with van der Waals surface area (Å²) in [4.78, 5) is 22.6. The third kappa shape index (κ3) is 4.07. The number of halogens is 1. The summed E-state index contributed by atoms with van der Waals surface area (Å²) in [5, 5.41) is 11.0. The van der Waals surface area contributed by atoms with Gasteiger partial charge in [-0.05, 0) is 25.1 Å². The largest absolute Gasteiger partial charge is 0.483 e. The maximum atomic E-state index is 11.4. The van der Waals surface area contributed by atoms with Crippen LogP contribution in [0, 0.1) is 11.3 Å². The summed E-state index contributed by atoms with van der Waals surface area (Å²) < 4.78 is 5.21. The molecule has 1 aromatic rings. The van der Waals surface area contributed by atoms with Crippen LogP contribution in [-0.4, -0.2) is 24.8 Å². The number of nitrogens with one attached hydrogen (secondary N) is 1. The van der Waals surface area contributed by atoms with Gasteiger partial charge in [-0.3, -0.25) is 9.59 Å². The van der Waals surface area contributed by atoms with Gasteiger partial charge < -0.3 is 10.1 Å². The van der Waals surface area contributed by atoms with E-state index in [0.717, 1.165) is 0 Å². The molecule has 0 bridgehead atoms. The van der Waals surface area contributed by atoms with E-state index in [9.17, 15) is 9.59 Å². The number of ether oxygens (including phenoxy) is 1. The number of rotatable bonds is 5. The lowest BCUT2D eigenvalue weighted by molar-refractivity contribution is -0.122. The van der Waals surface area contributed by atoms with Crippen molar-refractivity contribution in [3.63, 3.8) is 0 Å². The predicted octanol–water partition coefficient (Wildman–Crippen LogP) is 1.56. The van der Waals surface area contributed by atoms with E-state index < -0.39 is 5.91 Å². The van der Waals surface area contributed by atoms with Crippen LogP contribution in [0.4, 0.5) is 0 Å². The van der Waals surface area contributed by atoms with Crippen LogP contribution < -0.4 is 10.1 Å². The molecule has 0 radical (unpaired) electrons. The molecule has 18 heavy (non-hydrogen) atoms. The molecule has 0 atom stereocenters. The first kappa shape index (κ1) is 14.0. The van der Waals surface area contributed by atoms with Crippen molar-refractivity contribution in [3.05, 3.63) is 28.8 Å². The first-order chi connectivity index (χ1) is 8.54. The van der Waals surface area contributed by atoms with Gasteiger partial charge >= 0.3 is 0 Å². The molecule has 1 N–H and O–H groups in total. The van der Waals surface area contributed by atoms with Crippen LogP contribution in [0.1, 0.15) is 17.3 Å².